The smallest absolute Gasteiger partial charge is 0.353 e. The number of nitrogens with one attached hydrogen (secondary N) is 1. The Bertz CT molecular complexity index is 342. The molecule has 1 aliphatic carbocycles. The molecule has 0 bridgehead atoms. The van der Waals surface area contributed by atoms with Crippen molar-refractivity contribution in [1.82, 2.24) is 5.32 Å². The highest BCUT2D eigenvalue weighted by atomic mass is 16.5. The Morgan fingerprint density at radius 1 is 1.56 bits per heavy atom. The predicted molar refractivity (Wildman–Crippen MR) is 64.8 cm³/mol. The van der Waals surface area contributed by atoms with E-state index in [0.717, 1.165) is 13.0 Å². The van der Waals surface area contributed by atoms with E-state index in [9.17, 15) is 4.79 Å². The third kappa shape index (κ3) is 3.26. The predicted octanol–water partition coefficient (Wildman–Crippen LogP) is 2.18. The average molecular weight is 221 g/mol. The van der Waals surface area contributed by atoms with E-state index in [1.807, 2.05) is 19.1 Å². The molecule has 1 atom stereocenters. The minimum Gasteiger partial charge on any atom is -0.464 e. The summed E-state index contributed by atoms with van der Waals surface area (Å²) in [6.07, 6.45) is 11.1. The molecule has 88 valence electrons. The van der Waals surface area contributed by atoms with Crippen LogP contribution in [0.25, 0.3) is 0 Å². The minimum atomic E-state index is -0.318. The van der Waals surface area contributed by atoms with Crippen LogP contribution in [0.5, 0.6) is 0 Å². The van der Waals surface area contributed by atoms with Gasteiger partial charge in [0.15, 0.2) is 0 Å². The maximum atomic E-state index is 11.3. The lowest BCUT2D eigenvalue weighted by Gasteiger charge is -2.27. The highest BCUT2D eigenvalue weighted by Gasteiger charge is 2.21. The van der Waals surface area contributed by atoms with Gasteiger partial charge in [-0.2, -0.15) is 0 Å². The molecular weight excluding hydrogens is 202 g/mol. The third-order valence-electron chi connectivity index (χ3n) is 2.71. The summed E-state index contributed by atoms with van der Waals surface area (Å²) in [6, 6.07) is 0. The van der Waals surface area contributed by atoms with Gasteiger partial charge in [-0.1, -0.05) is 37.3 Å². The number of allylic oxidation sites excluding steroid dienone is 4. The van der Waals surface area contributed by atoms with Gasteiger partial charge in [-0.05, 0) is 13.3 Å². The van der Waals surface area contributed by atoms with Crippen LogP contribution < -0.4 is 5.32 Å². The van der Waals surface area contributed by atoms with E-state index in [-0.39, 0.29) is 11.4 Å². The van der Waals surface area contributed by atoms with Gasteiger partial charge in [-0.3, -0.25) is 0 Å². The van der Waals surface area contributed by atoms with Crippen molar-refractivity contribution >= 4 is 5.97 Å². The van der Waals surface area contributed by atoms with Crippen molar-refractivity contribution in [2.75, 3.05) is 13.7 Å². The summed E-state index contributed by atoms with van der Waals surface area (Å²) in [5, 5.41) is 3.13. The van der Waals surface area contributed by atoms with Gasteiger partial charge < -0.3 is 10.1 Å². The van der Waals surface area contributed by atoms with Crippen molar-refractivity contribution < 1.29 is 9.53 Å². The molecule has 3 nitrogen and oxygen atoms in total. The Morgan fingerprint density at radius 2 is 2.31 bits per heavy atom. The summed E-state index contributed by atoms with van der Waals surface area (Å²) < 4.78 is 4.67. The first kappa shape index (κ1) is 12.6. The second-order valence-electron chi connectivity index (χ2n) is 4.19. The lowest BCUT2D eigenvalue weighted by molar-refractivity contribution is -0.136. The van der Waals surface area contributed by atoms with Crippen molar-refractivity contribution in [2.45, 2.75) is 20.3 Å². The largest absolute Gasteiger partial charge is 0.464 e. The molecule has 3 heteroatoms. The van der Waals surface area contributed by atoms with Crippen LogP contribution in [0.15, 0.2) is 36.1 Å². The van der Waals surface area contributed by atoms with Crippen molar-refractivity contribution in [3.8, 4) is 0 Å². The van der Waals surface area contributed by atoms with Crippen LogP contribution in [0.2, 0.25) is 0 Å². The minimum absolute atomic E-state index is 0.0665. The number of carbonyl (C=O) groups excluding carboxylic acids is 1. The first-order valence-electron chi connectivity index (χ1n) is 5.44. The fourth-order valence-electron chi connectivity index (χ4n) is 1.60. The topological polar surface area (TPSA) is 38.3 Å². The standard InChI is InChI=1S/C13H19NO2/c1-4-11(12(15)16-3)14-10-13(2)8-6-5-7-9-13/h4-8,14H,9-10H2,1-3H3/b11-4-/t13-/m0/s1. The van der Waals surface area contributed by atoms with E-state index in [2.05, 4.69) is 29.1 Å². The van der Waals surface area contributed by atoms with Crippen LogP contribution in [0.3, 0.4) is 0 Å². The quantitative estimate of drug-likeness (QED) is 0.584. The molecule has 0 saturated heterocycles. The van der Waals surface area contributed by atoms with Gasteiger partial charge >= 0.3 is 5.97 Å². The fraction of sp³-hybridized carbons (Fsp3) is 0.462. The SMILES string of the molecule is C/C=C(\NC[C@@]1(C)C=CC=CC1)C(=O)OC. The average Bonchev–Trinajstić information content (AvgIpc) is 2.30. The Balaban J connectivity index is 2.53. The zero-order valence-electron chi connectivity index (χ0n) is 10.1. The molecule has 0 heterocycles. The van der Waals surface area contributed by atoms with Crippen molar-refractivity contribution in [3.63, 3.8) is 0 Å². The second-order valence-corrected chi connectivity index (χ2v) is 4.19. The summed E-state index contributed by atoms with van der Waals surface area (Å²) in [7, 11) is 1.39. The van der Waals surface area contributed by atoms with Crippen LogP contribution in [0.1, 0.15) is 20.3 Å². The summed E-state index contributed by atoms with van der Waals surface area (Å²) in [4.78, 5) is 11.3. The van der Waals surface area contributed by atoms with E-state index >= 15 is 0 Å². The maximum absolute atomic E-state index is 11.3. The Labute approximate surface area is 96.9 Å². The van der Waals surface area contributed by atoms with Gasteiger partial charge in [0, 0.05) is 12.0 Å². The number of rotatable bonds is 4. The van der Waals surface area contributed by atoms with E-state index in [0.29, 0.717) is 5.70 Å². The molecule has 0 saturated carbocycles. The molecule has 0 aromatic carbocycles. The number of hydrogen-bond donors (Lipinski definition) is 1. The molecule has 0 spiro atoms. The van der Waals surface area contributed by atoms with Crippen molar-refractivity contribution in [2.24, 2.45) is 5.41 Å². The fourth-order valence-corrected chi connectivity index (χ4v) is 1.60. The first-order valence-corrected chi connectivity index (χ1v) is 5.44. The molecule has 0 aromatic rings. The van der Waals surface area contributed by atoms with Gasteiger partial charge in [0.25, 0.3) is 0 Å². The second kappa shape index (κ2) is 5.54. The summed E-state index contributed by atoms with van der Waals surface area (Å²) in [6.45, 7) is 4.70. The Hall–Kier alpha value is -1.51. The number of hydrogen-bond acceptors (Lipinski definition) is 3. The van der Waals surface area contributed by atoms with Crippen LogP contribution in [0, 0.1) is 5.41 Å². The monoisotopic (exact) mass is 221 g/mol. The lowest BCUT2D eigenvalue weighted by atomic mass is 9.84. The summed E-state index contributed by atoms with van der Waals surface area (Å²) in [5.74, 6) is -0.318. The molecular formula is C13H19NO2. The van der Waals surface area contributed by atoms with E-state index in [1.54, 1.807) is 6.08 Å². The number of carbonyl (C=O) groups is 1. The van der Waals surface area contributed by atoms with E-state index in [4.69, 9.17) is 0 Å². The normalized spacial score (nSPS) is 24.3. The molecule has 0 unspecified atom stereocenters. The highest BCUT2D eigenvalue weighted by Crippen LogP contribution is 2.26. The summed E-state index contributed by atoms with van der Waals surface area (Å²) >= 11 is 0. The highest BCUT2D eigenvalue weighted by molar-refractivity contribution is 5.87. The molecule has 1 aliphatic rings. The zero-order chi connectivity index (χ0) is 12.0. The summed E-state index contributed by atoms with van der Waals surface area (Å²) in [5.41, 5.74) is 0.587. The molecule has 16 heavy (non-hydrogen) atoms. The molecule has 0 fully saturated rings. The van der Waals surface area contributed by atoms with Crippen LogP contribution in [-0.4, -0.2) is 19.6 Å². The molecule has 0 aliphatic heterocycles. The van der Waals surface area contributed by atoms with Crippen LogP contribution in [0.4, 0.5) is 0 Å². The first-order chi connectivity index (χ1) is 7.61. The maximum Gasteiger partial charge on any atom is 0.353 e. The van der Waals surface area contributed by atoms with Gasteiger partial charge in [0.05, 0.1) is 7.11 Å². The number of methoxy groups -OCH3 is 1. The number of ether oxygens (including phenoxy) is 1. The van der Waals surface area contributed by atoms with E-state index < -0.39 is 0 Å². The Morgan fingerprint density at radius 3 is 2.81 bits per heavy atom. The van der Waals surface area contributed by atoms with Crippen LogP contribution >= 0.6 is 0 Å². The van der Waals surface area contributed by atoms with E-state index in [1.165, 1.54) is 7.11 Å². The molecule has 0 radical (unpaired) electrons. The third-order valence-corrected chi connectivity index (χ3v) is 2.71. The van der Waals surface area contributed by atoms with Crippen molar-refractivity contribution in [3.05, 3.63) is 36.1 Å². The molecule has 0 amide bonds. The molecule has 1 N–H and O–H groups in total. The van der Waals surface area contributed by atoms with Gasteiger partial charge in [-0.25, -0.2) is 4.79 Å². The van der Waals surface area contributed by atoms with Gasteiger partial charge in [-0.15, -0.1) is 0 Å². The van der Waals surface area contributed by atoms with Crippen LogP contribution in [-0.2, 0) is 9.53 Å². The zero-order valence-corrected chi connectivity index (χ0v) is 10.1. The van der Waals surface area contributed by atoms with Crippen molar-refractivity contribution in [1.29, 1.82) is 0 Å². The van der Waals surface area contributed by atoms with Gasteiger partial charge in [0.1, 0.15) is 5.70 Å². The Kier molecular flexibility index (Phi) is 4.35. The molecule has 1 rings (SSSR count). The lowest BCUT2D eigenvalue weighted by Crippen LogP contribution is -2.32. The molecule has 0 aromatic heterocycles. The van der Waals surface area contributed by atoms with Gasteiger partial charge in [0.2, 0.25) is 0 Å². The number of esters is 1.